The van der Waals surface area contributed by atoms with Crippen molar-refractivity contribution in [1.82, 2.24) is 0 Å². The molecule has 0 saturated carbocycles. The number of aromatic carboxylic acids is 1. The number of hydrogen-bond donors (Lipinski definition) is 2. The van der Waals surface area contributed by atoms with E-state index in [4.69, 9.17) is 10.4 Å². The zero-order valence-corrected chi connectivity index (χ0v) is 9.57. The highest BCUT2D eigenvalue weighted by molar-refractivity contribution is 7.15. The average Bonchev–Trinajstić information content (AvgIpc) is 2.54. The number of amides is 1. The van der Waals surface area contributed by atoms with Crippen LogP contribution in [0.2, 0.25) is 0 Å². The van der Waals surface area contributed by atoms with E-state index in [1.165, 1.54) is 6.07 Å². The van der Waals surface area contributed by atoms with Gasteiger partial charge in [-0.1, -0.05) is 0 Å². The fraction of sp³-hybridized carbons (Fsp3) is 0.222. The van der Waals surface area contributed by atoms with Crippen molar-refractivity contribution in [3.8, 4) is 6.07 Å². The normalized spacial score (nSPS) is 10.8. The van der Waals surface area contributed by atoms with Gasteiger partial charge in [0.15, 0.2) is 0 Å². The van der Waals surface area contributed by atoms with E-state index in [9.17, 15) is 22.8 Å². The highest BCUT2D eigenvalue weighted by Gasteiger charge is 2.39. The predicted octanol–water partition coefficient (Wildman–Crippen LogP) is 2.30. The minimum Gasteiger partial charge on any atom is -0.477 e. The monoisotopic (exact) mass is 278 g/mol. The van der Waals surface area contributed by atoms with E-state index in [-0.39, 0.29) is 11.3 Å². The maximum atomic E-state index is 12.6. The van der Waals surface area contributed by atoms with Crippen LogP contribution < -0.4 is 5.32 Å². The van der Waals surface area contributed by atoms with Crippen molar-refractivity contribution in [3.05, 3.63) is 15.3 Å². The standard InChI is InChI=1S/C9H5F3N2O3S/c1-3(15)14-5-4(2-13)7(9(10,11)12)18-6(5)8(16)17/h1H3,(H,14,15)(H,16,17). The van der Waals surface area contributed by atoms with Crippen LogP contribution in [0.25, 0.3) is 0 Å². The summed E-state index contributed by atoms with van der Waals surface area (Å²) in [6.07, 6.45) is -4.85. The number of nitriles is 1. The topological polar surface area (TPSA) is 90.2 Å². The second-order valence-electron chi connectivity index (χ2n) is 3.11. The van der Waals surface area contributed by atoms with Crippen LogP contribution in [-0.4, -0.2) is 17.0 Å². The smallest absolute Gasteiger partial charge is 0.426 e. The number of nitrogens with zero attached hydrogens (tertiary/aromatic N) is 1. The number of carboxylic acids is 1. The predicted molar refractivity (Wildman–Crippen MR) is 55.3 cm³/mol. The molecule has 2 N–H and O–H groups in total. The van der Waals surface area contributed by atoms with E-state index in [0.29, 0.717) is 0 Å². The lowest BCUT2D eigenvalue weighted by molar-refractivity contribution is -0.134. The highest BCUT2D eigenvalue weighted by Crippen LogP contribution is 2.42. The van der Waals surface area contributed by atoms with E-state index in [1.54, 1.807) is 0 Å². The Balaban J connectivity index is 3.56. The zero-order valence-electron chi connectivity index (χ0n) is 8.75. The second-order valence-corrected chi connectivity index (χ2v) is 4.13. The quantitative estimate of drug-likeness (QED) is 0.868. The molecule has 1 amide bonds. The van der Waals surface area contributed by atoms with Gasteiger partial charge in [-0.05, 0) is 0 Å². The number of hydrogen-bond acceptors (Lipinski definition) is 4. The minimum atomic E-state index is -4.85. The molecular formula is C9H5F3N2O3S. The Morgan fingerprint density at radius 1 is 1.44 bits per heavy atom. The number of carboxylic acid groups (broad SMARTS) is 1. The number of rotatable bonds is 2. The number of carbonyl (C=O) groups is 2. The van der Waals surface area contributed by atoms with Crippen LogP contribution in [0.5, 0.6) is 0 Å². The Labute approximate surface area is 102 Å². The van der Waals surface area contributed by atoms with Gasteiger partial charge in [0, 0.05) is 6.92 Å². The van der Waals surface area contributed by atoms with Gasteiger partial charge in [0.05, 0.1) is 11.3 Å². The summed E-state index contributed by atoms with van der Waals surface area (Å²) in [7, 11) is 0. The molecule has 0 aliphatic rings. The Bertz CT molecular complexity index is 557. The maximum absolute atomic E-state index is 12.6. The van der Waals surface area contributed by atoms with E-state index >= 15 is 0 Å². The van der Waals surface area contributed by atoms with Crippen molar-refractivity contribution >= 4 is 28.9 Å². The van der Waals surface area contributed by atoms with Gasteiger partial charge in [-0.2, -0.15) is 18.4 Å². The summed E-state index contributed by atoms with van der Waals surface area (Å²) >= 11 is -0.0940. The minimum absolute atomic E-state index is 0.0940. The molecule has 0 aromatic carbocycles. The molecule has 1 aromatic heterocycles. The molecule has 1 aromatic rings. The SMILES string of the molecule is CC(=O)Nc1c(C(=O)O)sc(C(F)(F)F)c1C#N. The molecule has 96 valence electrons. The van der Waals surface area contributed by atoms with E-state index < -0.39 is 39.1 Å². The number of nitrogens with one attached hydrogen (secondary N) is 1. The average molecular weight is 278 g/mol. The van der Waals surface area contributed by atoms with Crippen LogP contribution in [0.1, 0.15) is 27.0 Å². The molecule has 0 bridgehead atoms. The first-order valence-electron chi connectivity index (χ1n) is 4.33. The summed E-state index contributed by atoms with van der Waals surface area (Å²) in [5.41, 5.74) is -1.50. The van der Waals surface area contributed by atoms with Crippen molar-refractivity contribution in [2.45, 2.75) is 13.1 Å². The lowest BCUT2D eigenvalue weighted by Crippen LogP contribution is -2.10. The van der Waals surface area contributed by atoms with Gasteiger partial charge in [0.25, 0.3) is 0 Å². The molecule has 0 fully saturated rings. The molecule has 0 aliphatic carbocycles. The first kappa shape index (κ1) is 14.0. The summed E-state index contributed by atoms with van der Waals surface area (Å²) in [4.78, 5) is 19.5. The third-order valence-corrected chi connectivity index (χ3v) is 3.00. The fourth-order valence-electron chi connectivity index (χ4n) is 1.18. The summed E-state index contributed by atoms with van der Waals surface area (Å²) in [6.45, 7) is 0.998. The molecule has 9 heteroatoms. The lowest BCUT2D eigenvalue weighted by Gasteiger charge is -2.04. The van der Waals surface area contributed by atoms with E-state index in [0.717, 1.165) is 6.92 Å². The Morgan fingerprint density at radius 2 is 2.00 bits per heavy atom. The van der Waals surface area contributed by atoms with Crippen molar-refractivity contribution in [3.63, 3.8) is 0 Å². The van der Waals surface area contributed by atoms with Crippen LogP contribution in [0.15, 0.2) is 0 Å². The zero-order chi connectivity index (χ0) is 14.1. The molecule has 0 saturated heterocycles. The van der Waals surface area contributed by atoms with Gasteiger partial charge in [-0.25, -0.2) is 4.79 Å². The van der Waals surface area contributed by atoms with Gasteiger partial charge < -0.3 is 10.4 Å². The molecule has 1 rings (SSSR count). The van der Waals surface area contributed by atoms with Crippen molar-refractivity contribution in [2.24, 2.45) is 0 Å². The van der Waals surface area contributed by atoms with Crippen molar-refractivity contribution in [1.29, 1.82) is 5.26 Å². The van der Waals surface area contributed by atoms with Crippen molar-refractivity contribution < 1.29 is 27.9 Å². The number of halogens is 3. The van der Waals surface area contributed by atoms with Crippen LogP contribution in [0.3, 0.4) is 0 Å². The largest absolute Gasteiger partial charge is 0.477 e. The molecule has 1 heterocycles. The van der Waals surface area contributed by atoms with E-state index in [1.807, 2.05) is 5.32 Å². The Morgan fingerprint density at radius 3 is 2.33 bits per heavy atom. The van der Waals surface area contributed by atoms with Crippen molar-refractivity contribution in [2.75, 3.05) is 5.32 Å². The molecule has 18 heavy (non-hydrogen) atoms. The highest BCUT2D eigenvalue weighted by atomic mass is 32.1. The third-order valence-electron chi connectivity index (χ3n) is 1.77. The van der Waals surface area contributed by atoms with Crippen LogP contribution in [0, 0.1) is 11.3 Å². The number of anilines is 1. The van der Waals surface area contributed by atoms with Gasteiger partial charge in [-0.15, -0.1) is 11.3 Å². The number of alkyl halides is 3. The summed E-state index contributed by atoms with van der Waals surface area (Å²) in [6, 6.07) is 1.26. The fourth-order valence-corrected chi connectivity index (χ4v) is 2.10. The third kappa shape index (κ3) is 2.60. The molecular weight excluding hydrogens is 273 g/mol. The summed E-state index contributed by atoms with van der Waals surface area (Å²) in [5, 5.41) is 19.4. The van der Waals surface area contributed by atoms with Crippen LogP contribution in [0.4, 0.5) is 18.9 Å². The van der Waals surface area contributed by atoms with Crippen LogP contribution >= 0.6 is 11.3 Å². The molecule has 0 spiro atoms. The maximum Gasteiger partial charge on any atom is 0.426 e. The molecule has 0 atom stereocenters. The van der Waals surface area contributed by atoms with Gasteiger partial charge in [0.1, 0.15) is 15.8 Å². The van der Waals surface area contributed by atoms with E-state index in [2.05, 4.69) is 0 Å². The lowest BCUT2D eigenvalue weighted by atomic mass is 10.2. The molecule has 0 radical (unpaired) electrons. The summed E-state index contributed by atoms with van der Waals surface area (Å²) < 4.78 is 37.7. The molecule has 5 nitrogen and oxygen atoms in total. The van der Waals surface area contributed by atoms with Gasteiger partial charge in [-0.3, -0.25) is 4.79 Å². The Hall–Kier alpha value is -2.08. The Kier molecular flexibility index (Phi) is 3.62. The molecule has 0 unspecified atom stereocenters. The number of carbonyl (C=O) groups excluding carboxylic acids is 1. The summed E-state index contributed by atoms with van der Waals surface area (Å²) in [5.74, 6) is -2.41. The van der Waals surface area contributed by atoms with Crippen LogP contribution in [-0.2, 0) is 11.0 Å². The van der Waals surface area contributed by atoms with Gasteiger partial charge >= 0.3 is 12.1 Å². The van der Waals surface area contributed by atoms with Gasteiger partial charge in [0.2, 0.25) is 5.91 Å². The molecule has 0 aliphatic heterocycles. The number of thiophene rings is 1. The first-order valence-corrected chi connectivity index (χ1v) is 5.15. The second kappa shape index (κ2) is 4.66. The first-order chi connectivity index (χ1) is 8.18.